The summed E-state index contributed by atoms with van der Waals surface area (Å²) >= 11 is 0. The summed E-state index contributed by atoms with van der Waals surface area (Å²) in [6.45, 7) is 3.95. The Morgan fingerprint density at radius 1 is 1.67 bits per heavy atom. The van der Waals surface area contributed by atoms with Gasteiger partial charge in [0.15, 0.2) is 0 Å². The first-order valence-corrected chi connectivity index (χ1v) is 4.58. The van der Waals surface area contributed by atoms with Crippen LogP contribution in [0.5, 0.6) is 0 Å². The Labute approximate surface area is 73.5 Å². The second kappa shape index (κ2) is 4.45. The molecule has 1 aliphatic heterocycles. The minimum Gasteiger partial charge on any atom is -0.469 e. The number of nitrogens with one attached hydrogen (secondary N) is 1. The molecule has 0 saturated carbocycles. The lowest BCUT2D eigenvalue weighted by atomic mass is 9.85. The highest BCUT2D eigenvalue weighted by atomic mass is 16.5. The summed E-state index contributed by atoms with van der Waals surface area (Å²) in [4.78, 5) is 11.3. The lowest BCUT2D eigenvalue weighted by Gasteiger charge is -2.29. The number of hydrogen-bond acceptors (Lipinski definition) is 3. The lowest BCUT2D eigenvalue weighted by molar-refractivity contribution is -0.148. The number of piperidine rings is 1. The van der Waals surface area contributed by atoms with E-state index in [4.69, 9.17) is 4.74 Å². The zero-order chi connectivity index (χ0) is 8.97. The molecule has 0 unspecified atom stereocenters. The van der Waals surface area contributed by atoms with Crippen LogP contribution in [0.2, 0.25) is 0 Å². The van der Waals surface area contributed by atoms with Gasteiger partial charge in [-0.3, -0.25) is 4.79 Å². The van der Waals surface area contributed by atoms with Gasteiger partial charge in [-0.05, 0) is 18.9 Å². The maximum absolute atomic E-state index is 11.3. The Balaban J connectivity index is 2.52. The highest BCUT2D eigenvalue weighted by Gasteiger charge is 2.29. The van der Waals surface area contributed by atoms with Crippen molar-refractivity contribution in [2.75, 3.05) is 20.2 Å². The van der Waals surface area contributed by atoms with Crippen molar-refractivity contribution in [1.82, 2.24) is 5.32 Å². The van der Waals surface area contributed by atoms with E-state index >= 15 is 0 Å². The fourth-order valence-corrected chi connectivity index (χ4v) is 1.83. The normalized spacial score (nSPS) is 29.8. The molecule has 70 valence electrons. The number of esters is 1. The highest BCUT2D eigenvalue weighted by Crippen LogP contribution is 2.23. The fourth-order valence-electron chi connectivity index (χ4n) is 1.83. The van der Waals surface area contributed by atoms with Gasteiger partial charge >= 0.3 is 5.97 Å². The third kappa shape index (κ3) is 1.97. The maximum atomic E-state index is 11.3. The first kappa shape index (κ1) is 9.52. The molecule has 1 saturated heterocycles. The van der Waals surface area contributed by atoms with E-state index in [0.29, 0.717) is 5.92 Å². The van der Waals surface area contributed by atoms with Crippen LogP contribution in [0.15, 0.2) is 0 Å². The molecular weight excluding hydrogens is 154 g/mol. The summed E-state index contributed by atoms with van der Waals surface area (Å²) < 4.78 is 4.74. The number of rotatable bonds is 2. The van der Waals surface area contributed by atoms with Gasteiger partial charge < -0.3 is 10.1 Å². The fraction of sp³-hybridized carbons (Fsp3) is 0.889. The van der Waals surface area contributed by atoms with E-state index in [1.165, 1.54) is 7.11 Å². The van der Waals surface area contributed by atoms with Crippen LogP contribution in [0.25, 0.3) is 0 Å². The van der Waals surface area contributed by atoms with Gasteiger partial charge in [0.1, 0.15) is 0 Å². The predicted octanol–water partition coefficient (Wildman–Crippen LogP) is 0.795. The summed E-state index contributed by atoms with van der Waals surface area (Å²) in [7, 11) is 1.46. The molecule has 3 heteroatoms. The highest BCUT2D eigenvalue weighted by molar-refractivity contribution is 5.73. The molecule has 1 N–H and O–H groups in total. The molecule has 0 aliphatic carbocycles. The topological polar surface area (TPSA) is 38.3 Å². The number of hydrogen-bond donors (Lipinski definition) is 1. The second-order valence-corrected chi connectivity index (χ2v) is 3.29. The quantitative estimate of drug-likeness (QED) is 0.624. The largest absolute Gasteiger partial charge is 0.469 e. The third-order valence-electron chi connectivity index (χ3n) is 2.65. The van der Waals surface area contributed by atoms with Crippen molar-refractivity contribution in [2.24, 2.45) is 11.8 Å². The zero-order valence-corrected chi connectivity index (χ0v) is 7.80. The van der Waals surface area contributed by atoms with Crippen molar-refractivity contribution in [3.63, 3.8) is 0 Å². The molecule has 1 fully saturated rings. The van der Waals surface area contributed by atoms with Crippen molar-refractivity contribution in [2.45, 2.75) is 19.8 Å². The molecule has 1 rings (SSSR count). The summed E-state index contributed by atoms with van der Waals surface area (Å²) in [6.07, 6.45) is 2.16. The minimum atomic E-state index is -0.0611. The van der Waals surface area contributed by atoms with Crippen LogP contribution < -0.4 is 5.32 Å². The van der Waals surface area contributed by atoms with Gasteiger partial charge in [0.05, 0.1) is 13.0 Å². The van der Waals surface area contributed by atoms with Crippen molar-refractivity contribution < 1.29 is 9.53 Å². The summed E-state index contributed by atoms with van der Waals surface area (Å²) in [5.41, 5.74) is 0. The Morgan fingerprint density at radius 2 is 2.42 bits per heavy atom. The monoisotopic (exact) mass is 171 g/mol. The number of carbonyl (C=O) groups is 1. The Hall–Kier alpha value is -0.570. The van der Waals surface area contributed by atoms with Gasteiger partial charge in [-0.1, -0.05) is 13.3 Å². The van der Waals surface area contributed by atoms with E-state index in [9.17, 15) is 4.79 Å². The molecule has 1 heterocycles. The summed E-state index contributed by atoms with van der Waals surface area (Å²) in [6, 6.07) is 0. The van der Waals surface area contributed by atoms with E-state index in [1.54, 1.807) is 0 Å². The molecule has 1 aliphatic rings. The van der Waals surface area contributed by atoms with E-state index in [1.807, 2.05) is 0 Å². The van der Waals surface area contributed by atoms with Crippen molar-refractivity contribution in [3.8, 4) is 0 Å². The number of ether oxygens (including phenoxy) is 1. The van der Waals surface area contributed by atoms with Crippen LogP contribution in [0.1, 0.15) is 19.8 Å². The van der Waals surface area contributed by atoms with E-state index in [2.05, 4.69) is 12.2 Å². The minimum absolute atomic E-state index is 0.0611. The van der Waals surface area contributed by atoms with Crippen molar-refractivity contribution >= 4 is 5.97 Å². The Bertz CT molecular complexity index is 159. The van der Waals surface area contributed by atoms with Crippen LogP contribution in [0.4, 0.5) is 0 Å². The van der Waals surface area contributed by atoms with Gasteiger partial charge in [0.25, 0.3) is 0 Å². The summed E-state index contributed by atoms with van der Waals surface area (Å²) in [5, 5.41) is 3.21. The smallest absolute Gasteiger partial charge is 0.310 e. The van der Waals surface area contributed by atoms with E-state index < -0.39 is 0 Å². The molecule has 0 aromatic carbocycles. The molecule has 2 atom stereocenters. The molecule has 0 spiro atoms. The van der Waals surface area contributed by atoms with Crippen LogP contribution >= 0.6 is 0 Å². The number of methoxy groups -OCH3 is 1. The summed E-state index contributed by atoms with van der Waals surface area (Å²) in [5.74, 6) is 0.529. The number of carbonyl (C=O) groups excluding carboxylic acids is 1. The molecule has 12 heavy (non-hydrogen) atoms. The predicted molar refractivity (Wildman–Crippen MR) is 46.8 cm³/mol. The molecule has 0 amide bonds. The van der Waals surface area contributed by atoms with Crippen LogP contribution in [-0.2, 0) is 9.53 Å². The Kier molecular flexibility index (Phi) is 3.53. The molecule has 0 radical (unpaired) electrons. The maximum Gasteiger partial charge on any atom is 0.310 e. The van der Waals surface area contributed by atoms with E-state index in [0.717, 1.165) is 25.9 Å². The van der Waals surface area contributed by atoms with Crippen molar-refractivity contribution in [1.29, 1.82) is 0 Å². The van der Waals surface area contributed by atoms with Gasteiger partial charge in [0.2, 0.25) is 0 Å². The molecule has 0 aromatic rings. The molecular formula is C9H17NO2. The standard InChI is InChI=1S/C9H17NO2/c1-3-7-4-5-10-6-8(7)9(11)12-2/h7-8,10H,3-6H2,1-2H3/t7-,8+/m0/s1. The van der Waals surface area contributed by atoms with E-state index in [-0.39, 0.29) is 11.9 Å². The lowest BCUT2D eigenvalue weighted by Crippen LogP contribution is -2.41. The van der Waals surface area contributed by atoms with Gasteiger partial charge in [-0.15, -0.1) is 0 Å². The molecule has 0 bridgehead atoms. The van der Waals surface area contributed by atoms with Crippen molar-refractivity contribution in [3.05, 3.63) is 0 Å². The Morgan fingerprint density at radius 3 is 3.00 bits per heavy atom. The van der Waals surface area contributed by atoms with Crippen LogP contribution in [0, 0.1) is 11.8 Å². The van der Waals surface area contributed by atoms with Gasteiger partial charge in [-0.2, -0.15) is 0 Å². The molecule has 0 aromatic heterocycles. The first-order valence-electron chi connectivity index (χ1n) is 4.58. The zero-order valence-electron chi connectivity index (χ0n) is 7.80. The average Bonchev–Trinajstić information content (AvgIpc) is 2.16. The second-order valence-electron chi connectivity index (χ2n) is 3.29. The van der Waals surface area contributed by atoms with Crippen LogP contribution in [-0.4, -0.2) is 26.2 Å². The van der Waals surface area contributed by atoms with Crippen LogP contribution in [0.3, 0.4) is 0 Å². The SMILES string of the molecule is CC[C@H]1CCNC[C@H]1C(=O)OC. The molecule has 3 nitrogen and oxygen atoms in total. The van der Waals surface area contributed by atoms with Gasteiger partial charge in [0, 0.05) is 6.54 Å². The third-order valence-corrected chi connectivity index (χ3v) is 2.65. The first-order chi connectivity index (χ1) is 5.79. The van der Waals surface area contributed by atoms with Gasteiger partial charge in [-0.25, -0.2) is 0 Å². The average molecular weight is 171 g/mol.